The van der Waals surface area contributed by atoms with Crippen molar-refractivity contribution in [3.63, 3.8) is 0 Å². The van der Waals surface area contributed by atoms with Crippen LogP contribution in [0.15, 0.2) is 71.6 Å². The Hall–Kier alpha value is -3.12. The first kappa shape index (κ1) is 22.6. The van der Waals surface area contributed by atoms with Gasteiger partial charge in [0.2, 0.25) is 5.91 Å². The van der Waals surface area contributed by atoms with Gasteiger partial charge in [-0.1, -0.05) is 48.0 Å². The summed E-state index contributed by atoms with van der Waals surface area (Å²) in [6.07, 6.45) is 0. The van der Waals surface area contributed by atoms with Crippen molar-refractivity contribution in [2.75, 3.05) is 10.8 Å². The fraction of sp³-hybridized carbons (Fsp3) is 0.240. The predicted molar refractivity (Wildman–Crippen MR) is 125 cm³/mol. The zero-order valence-electron chi connectivity index (χ0n) is 18.3. The minimum atomic E-state index is -3.92. The Morgan fingerprint density at radius 1 is 0.839 bits per heavy atom. The third-order valence-electron chi connectivity index (χ3n) is 5.13. The molecular formula is C25H28N2O3S. The van der Waals surface area contributed by atoms with Gasteiger partial charge < -0.3 is 5.32 Å². The number of hydrogen-bond donors (Lipinski definition) is 1. The maximum Gasteiger partial charge on any atom is 0.264 e. The Morgan fingerprint density at radius 3 is 2.06 bits per heavy atom. The molecule has 0 aromatic heterocycles. The summed E-state index contributed by atoms with van der Waals surface area (Å²) in [6.45, 7) is 7.74. The molecule has 162 valence electrons. The number of carbonyl (C=O) groups is 1. The van der Waals surface area contributed by atoms with Crippen LogP contribution in [-0.4, -0.2) is 20.9 Å². The number of benzene rings is 3. The van der Waals surface area contributed by atoms with Crippen molar-refractivity contribution < 1.29 is 13.2 Å². The van der Waals surface area contributed by atoms with E-state index in [0.29, 0.717) is 12.2 Å². The summed E-state index contributed by atoms with van der Waals surface area (Å²) in [6, 6.07) is 20.0. The molecule has 0 spiro atoms. The quantitative estimate of drug-likeness (QED) is 0.596. The monoisotopic (exact) mass is 436 g/mol. The molecule has 0 saturated heterocycles. The van der Waals surface area contributed by atoms with E-state index >= 15 is 0 Å². The van der Waals surface area contributed by atoms with E-state index in [4.69, 9.17) is 0 Å². The summed E-state index contributed by atoms with van der Waals surface area (Å²) in [5, 5.41) is 2.86. The molecule has 6 heteroatoms. The average Bonchev–Trinajstić information content (AvgIpc) is 2.71. The van der Waals surface area contributed by atoms with Crippen LogP contribution < -0.4 is 9.62 Å². The minimum Gasteiger partial charge on any atom is -0.350 e. The fourth-order valence-corrected chi connectivity index (χ4v) is 4.84. The lowest BCUT2D eigenvalue weighted by Gasteiger charge is -2.25. The van der Waals surface area contributed by atoms with Crippen LogP contribution in [0.5, 0.6) is 0 Å². The normalized spacial score (nSPS) is 11.2. The van der Waals surface area contributed by atoms with Gasteiger partial charge in [0.05, 0.1) is 10.6 Å². The van der Waals surface area contributed by atoms with Crippen molar-refractivity contribution in [2.45, 2.75) is 39.1 Å². The van der Waals surface area contributed by atoms with Gasteiger partial charge in [0.1, 0.15) is 6.54 Å². The largest absolute Gasteiger partial charge is 0.350 e. The SMILES string of the molecule is Cc1ccc(S(=O)(=O)N(CC(=O)NCc2ccccc2C)c2cc(C)cc(C)c2)cc1. The predicted octanol–water partition coefficient (Wildman–Crippen LogP) is 4.43. The van der Waals surface area contributed by atoms with Crippen LogP contribution in [-0.2, 0) is 21.4 Å². The second kappa shape index (κ2) is 9.35. The van der Waals surface area contributed by atoms with Crippen molar-refractivity contribution in [2.24, 2.45) is 0 Å². The summed E-state index contributed by atoms with van der Waals surface area (Å²) in [5.41, 5.74) is 5.37. The number of sulfonamides is 1. The number of aryl methyl sites for hydroxylation is 4. The van der Waals surface area contributed by atoms with Crippen molar-refractivity contribution in [3.8, 4) is 0 Å². The van der Waals surface area contributed by atoms with E-state index in [1.54, 1.807) is 36.4 Å². The van der Waals surface area contributed by atoms with Crippen LogP contribution in [0.4, 0.5) is 5.69 Å². The number of anilines is 1. The van der Waals surface area contributed by atoms with Crippen LogP contribution in [0.1, 0.15) is 27.8 Å². The third-order valence-corrected chi connectivity index (χ3v) is 6.92. The topological polar surface area (TPSA) is 66.5 Å². The molecule has 0 heterocycles. The molecule has 0 aliphatic heterocycles. The smallest absolute Gasteiger partial charge is 0.264 e. The molecule has 0 unspecified atom stereocenters. The number of amides is 1. The Balaban J connectivity index is 1.91. The lowest BCUT2D eigenvalue weighted by atomic mass is 10.1. The Labute approximate surface area is 184 Å². The maximum atomic E-state index is 13.5. The number of nitrogens with one attached hydrogen (secondary N) is 1. The summed E-state index contributed by atoms with van der Waals surface area (Å²) in [4.78, 5) is 13.0. The summed E-state index contributed by atoms with van der Waals surface area (Å²) in [7, 11) is -3.92. The summed E-state index contributed by atoms with van der Waals surface area (Å²) < 4.78 is 28.1. The average molecular weight is 437 g/mol. The number of hydrogen-bond acceptors (Lipinski definition) is 3. The van der Waals surface area contributed by atoms with Gasteiger partial charge in [-0.25, -0.2) is 8.42 Å². The van der Waals surface area contributed by atoms with Gasteiger partial charge >= 0.3 is 0 Å². The van der Waals surface area contributed by atoms with Crippen LogP contribution in [0.2, 0.25) is 0 Å². The van der Waals surface area contributed by atoms with Crippen molar-refractivity contribution >= 4 is 21.6 Å². The molecule has 0 radical (unpaired) electrons. The molecule has 5 nitrogen and oxygen atoms in total. The summed E-state index contributed by atoms with van der Waals surface area (Å²) >= 11 is 0. The molecule has 0 atom stereocenters. The molecular weight excluding hydrogens is 408 g/mol. The molecule has 1 N–H and O–H groups in total. The zero-order chi connectivity index (χ0) is 22.6. The van der Waals surface area contributed by atoms with E-state index in [9.17, 15) is 13.2 Å². The van der Waals surface area contributed by atoms with Crippen LogP contribution in [0.3, 0.4) is 0 Å². The van der Waals surface area contributed by atoms with Crippen LogP contribution in [0.25, 0.3) is 0 Å². The van der Waals surface area contributed by atoms with Crippen LogP contribution >= 0.6 is 0 Å². The Bertz CT molecular complexity index is 1170. The first-order valence-electron chi connectivity index (χ1n) is 10.2. The van der Waals surface area contributed by atoms with E-state index < -0.39 is 10.0 Å². The minimum absolute atomic E-state index is 0.156. The van der Waals surface area contributed by atoms with E-state index in [2.05, 4.69) is 5.32 Å². The van der Waals surface area contributed by atoms with E-state index in [1.807, 2.05) is 58.0 Å². The van der Waals surface area contributed by atoms with Gasteiger partial charge in [0, 0.05) is 6.54 Å². The van der Waals surface area contributed by atoms with Crippen LogP contribution in [0, 0.1) is 27.7 Å². The van der Waals surface area contributed by atoms with Gasteiger partial charge in [-0.15, -0.1) is 0 Å². The molecule has 3 aromatic carbocycles. The zero-order valence-corrected chi connectivity index (χ0v) is 19.2. The standard InChI is InChI=1S/C25H28N2O3S/c1-18-9-11-24(12-10-18)31(29,30)27(23-14-19(2)13-20(3)15-23)17-25(28)26-16-22-8-6-5-7-21(22)4/h5-15H,16-17H2,1-4H3,(H,26,28). The molecule has 0 aliphatic rings. The van der Waals surface area contributed by atoms with E-state index in [-0.39, 0.29) is 17.3 Å². The second-order valence-electron chi connectivity index (χ2n) is 7.87. The van der Waals surface area contributed by atoms with Gasteiger partial charge in [-0.05, 0) is 74.2 Å². The second-order valence-corrected chi connectivity index (χ2v) is 9.74. The van der Waals surface area contributed by atoms with Crippen molar-refractivity contribution in [1.82, 2.24) is 5.32 Å². The van der Waals surface area contributed by atoms with E-state index in [1.165, 1.54) is 4.31 Å². The molecule has 3 aromatic rings. The first-order chi connectivity index (χ1) is 14.7. The summed E-state index contributed by atoms with van der Waals surface area (Å²) in [5.74, 6) is -0.363. The fourth-order valence-electron chi connectivity index (χ4n) is 3.44. The highest BCUT2D eigenvalue weighted by molar-refractivity contribution is 7.92. The van der Waals surface area contributed by atoms with Gasteiger partial charge in [-0.3, -0.25) is 9.10 Å². The number of carbonyl (C=O) groups excluding carboxylic acids is 1. The highest BCUT2D eigenvalue weighted by atomic mass is 32.2. The lowest BCUT2D eigenvalue weighted by molar-refractivity contribution is -0.119. The lowest BCUT2D eigenvalue weighted by Crippen LogP contribution is -2.40. The molecule has 3 rings (SSSR count). The highest BCUT2D eigenvalue weighted by Gasteiger charge is 2.27. The Morgan fingerprint density at radius 2 is 1.45 bits per heavy atom. The van der Waals surface area contributed by atoms with E-state index in [0.717, 1.165) is 27.8 Å². The highest BCUT2D eigenvalue weighted by Crippen LogP contribution is 2.26. The van der Waals surface area contributed by atoms with Gasteiger partial charge in [0.15, 0.2) is 0 Å². The molecule has 0 aliphatic carbocycles. The van der Waals surface area contributed by atoms with Gasteiger partial charge in [0.25, 0.3) is 10.0 Å². The number of rotatable bonds is 7. The molecule has 0 bridgehead atoms. The first-order valence-corrected chi connectivity index (χ1v) is 11.6. The maximum absolute atomic E-state index is 13.5. The third kappa shape index (κ3) is 5.52. The number of nitrogens with zero attached hydrogens (tertiary/aromatic N) is 1. The molecule has 0 saturated carbocycles. The molecule has 1 amide bonds. The van der Waals surface area contributed by atoms with Crippen molar-refractivity contribution in [1.29, 1.82) is 0 Å². The van der Waals surface area contributed by atoms with Crippen molar-refractivity contribution in [3.05, 3.63) is 94.5 Å². The Kier molecular flexibility index (Phi) is 6.81. The van der Waals surface area contributed by atoms with Gasteiger partial charge in [-0.2, -0.15) is 0 Å². The molecule has 0 fully saturated rings. The molecule has 31 heavy (non-hydrogen) atoms.